The van der Waals surface area contributed by atoms with Crippen LogP contribution in [0.15, 0.2) is 52.3 Å². The van der Waals surface area contributed by atoms with Gasteiger partial charge in [-0.25, -0.2) is 8.42 Å². The van der Waals surface area contributed by atoms with Crippen molar-refractivity contribution in [3.8, 4) is 0 Å². The monoisotopic (exact) mass is 381 g/mol. The van der Waals surface area contributed by atoms with E-state index in [2.05, 4.69) is 5.32 Å². The number of thioether (sulfide) groups is 1. The van der Waals surface area contributed by atoms with Crippen molar-refractivity contribution in [1.29, 1.82) is 0 Å². The van der Waals surface area contributed by atoms with E-state index < -0.39 is 9.84 Å². The summed E-state index contributed by atoms with van der Waals surface area (Å²) in [5.41, 5.74) is 1.34. The Labute approximate surface area is 150 Å². The van der Waals surface area contributed by atoms with Crippen LogP contribution in [0.5, 0.6) is 0 Å². The van der Waals surface area contributed by atoms with Crippen molar-refractivity contribution in [2.45, 2.75) is 22.3 Å². The number of hydrogen-bond acceptors (Lipinski definition) is 4. The summed E-state index contributed by atoms with van der Waals surface area (Å²) >= 11 is 7.82. The van der Waals surface area contributed by atoms with Crippen molar-refractivity contribution in [1.82, 2.24) is 5.32 Å². The van der Waals surface area contributed by atoms with Crippen molar-refractivity contribution in [2.75, 3.05) is 12.0 Å². The van der Waals surface area contributed by atoms with Crippen molar-refractivity contribution < 1.29 is 13.2 Å². The number of hydrogen-bond donors (Lipinski definition) is 1. The van der Waals surface area contributed by atoms with Crippen LogP contribution in [0.4, 0.5) is 0 Å². The van der Waals surface area contributed by atoms with Crippen LogP contribution in [0.2, 0.25) is 5.02 Å². The zero-order chi connectivity index (χ0) is 17.3. The van der Waals surface area contributed by atoms with E-state index >= 15 is 0 Å². The van der Waals surface area contributed by atoms with Gasteiger partial charge in [0.2, 0.25) is 0 Å². The molecule has 1 heterocycles. The predicted octanol–water partition coefficient (Wildman–Crippen LogP) is 3.71. The molecule has 0 saturated carbocycles. The van der Waals surface area contributed by atoms with Crippen LogP contribution in [0.1, 0.15) is 28.4 Å². The average molecular weight is 382 g/mol. The molecule has 0 unspecified atom stereocenters. The van der Waals surface area contributed by atoms with E-state index in [1.807, 2.05) is 18.2 Å². The van der Waals surface area contributed by atoms with Crippen molar-refractivity contribution in [3.05, 3.63) is 58.6 Å². The summed E-state index contributed by atoms with van der Waals surface area (Å²) in [6.07, 6.45) is 1.93. The number of rotatable bonds is 3. The molecule has 0 saturated heterocycles. The highest BCUT2D eigenvalue weighted by Gasteiger charge is 2.23. The van der Waals surface area contributed by atoms with Crippen LogP contribution in [0.25, 0.3) is 0 Å². The number of nitrogens with one attached hydrogen (secondary N) is 1. The highest BCUT2D eigenvalue weighted by atomic mass is 35.5. The first-order valence-electron chi connectivity index (χ1n) is 7.38. The first kappa shape index (κ1) is 17.3. The van der Waals surface area contributed by atoms with Crippen LogP contribution < -0.4 is 5.32 Å². The minimum absolute atomic E-state index is 0.130. The zero-order valence-electron chi connectivity index (χ0n) is 13.0. The van der Waals surface area contributed by atoms with Crippen LogP contribution in [0, 0.1) is 0 Å². The summed E-state index contributed by atoms with van der Waals surface area (Å²) in [6.45, 7) is 0. The molecule has 0 bridgehead atoms. The molecule has 1 amide bonds. The van der Waals surface area contributed by atoms with Crippen LogP contribution >= 0.6 is 23.4 Å². The molecule has 126 valence electrons. The largest absolute Gasteiger partial charge is 0.345 e. The lowest BCUT2D eigenvalue weighted by Gasteiger charge is -2.26. The lowest BCUT2D eigenvalue weighted by molar-refractivity contribution is 0.0934. The van der Waals surface area contributed by atoms with Gasteiger partial charge in [-0.1, -0.05) is 17.7 Å². The SMILES string of the molecule is CS(=O)(=O)c1cccc(C(=O)N[C@@H]2CCSc3ccc(Cl)cc32)c1. The number of fused-ring (bicyclic) bond motifs is 1. The molecule has 0 fully saturated rings. The van der Waals surface area contributed by atoms with Gasteiger partial charge in [0.25, 0.3) is 5.91 Å². The summed E-state index contributed by atoms with van der Waals surface area (Å²) in [5, 5.41) is 3.63. The average Bonchev–Trinajstić information content (AvgIpc) is 2.55. The molecule has 0 spiro atoms. The number of sulfone groups is 1. The van der Waals surface area contributed by atoms with Gasteiger partial charge in [0.1, 0.15) is 0 Å². The molecule has 4 nitrogen and oxygen atoms in total. The fourth-order valence-electron chi connectivity index (χ4n) is 2.62. The van der Waals surface area contributed by atoms with E-state index in [9.17, 15) is 13.2 Å². The predicted molar refractivity (Wildman–Crippen MR) is 96.6 cm³/mol. The summed E-state index contributed by atoms with van der Waals surface area (Å²) in [7, 11) is -3.35. The highest BCUT2D eigenvalue weighted by Crippen LogP contribution is 2.37. The lowest BCUT2D eigenvalue weighted by Crippen LogP contribution is -2.30. The smallest absolute Gasteiger partial charge is 0.251 e. The van der Waals surface area contributed by atoms with Crippen LogP contribution in [-0.2, 0) is 9.84 Å². The molecular formula is C17H16ClNO3S2. The standard InChI is InChI=1S/C17H16ClNO3S2/c1-24(21,22)13-4-2-3-11(9-13)17(20)19-15-7-8-23-16-6-5-12(18)10-14(15)16/h2-6,9-10,15H,7-8H2,1H3,(H,19,20)/t15-/m1/s1. The molecule has 2 aromatic rings. The number of halogens is 1. The minimum Gasteiger partial charge on any atom is -0.345 e. The summed E-state index contributed by atoms with van der Waals surface area (Å²) < 4.78 is 23.3. The van der Waals surface area contributed by atoms with E-state index in [1.165, 1.54) is 12.1 Å². The molecule has 1 atom stereocenters. The Morgan fingerprint density at radius 2 is 2.04 bits per heavy atom. The topological polar surface area (TPSA) is 63.2 Å². The van der Waals surface area contributed by atoms with Gasteiger partial charge in [-0.15, -0.1) is 11.8 Å². The van der Waals surface area contributed by atoms with Gasteiger partial charge in [0, 0.05) is 27.5 Å². The second-order valence-electron chi connectivity index (χ2n) is 5.65. The maximum atomic E-state index is 12.5. The number of amides is 1. The molecule has 1 aliphatic heterocycles. The Balaban J connectivity index is 1.85. The molecule has 0 radical (unpaired) electrons. The van der Waals surface area contributed by atoms with E-state index in [0.717, 1.165) is 28.9 Å². The molecular weight excluding hydrogens is 366 g/mol. The van der Waals surface area contributed by atoms with Gasteiger partial charge < -0.3 is 5.32 Å². The van der Waals surface area contributed by atoms with E-state index in [0.29, 0.717) is 10.6 Å². The van der Waals surface area contributed by atoms with Gasteiger partial charge >= 0.3 is 0 Å². The van der Waals surface area contributed by atoms with Gasteiger partial charge in [-0.2, -0.15) is 0 Å². The van der Waals surface area contributed by atoms with Crippen molar-refractivity contribution in [3.63, 3.8) is 0 Å². The maximum absolute atomic E-state index is 12.5. The Kier molecular flexibility index (Phi) is 4.90. The van der Waals surface area contributed by atoms with E-state index in [1.54, 1.807) is 23.9 Å². The minimum atomic E-state index is -3.35. The van der Waals surface area contributed by atoms with Gasteiger partial charge in [-0.05, 0) is 48.4 Å². The van der Waals surface area contributed by atoms with Gasteiger partial charge in [0.15, 0.2) is 9.84 Å². The third kappa shape index (κ3) is 3.77. The molecule has 0 aliphatic carbocycles. The van der Waals surface area contributed by atoms with E-state index in [-0.39, 0.29) is 16.8 Å². The van der Waals surface area contributed by atoms with E-state index in [4.69, 9.17) is 11.6 Å². The fourth-order valence-corrected chi connectivity index (χ4v) is 4.58. The Bertz CT molecular complexity index is 896. The Morgan fingerprint density at radius 3 is 2.79 bits per heavy atom. The summed E-state index contributed by atoms with van der Waals surface area (Å²) in [4.78, 5) is 13.8. The molecule has 0 aromatic heterocycles. The quantitative estimate of drug-likeness (QED) is 0.880. The fraction of sp³-hybridized carbons (Fsp3) is 0.235. The second kappa shape index (κ2) is 6.78. The molecule has 1 aliphatic rings. The third-order valence-corrected chi connectivity index (χ3v) is 6.31. The maximum Gasteiger partial charge on any atom is 0.251 e. The number of carbonyl (C=O) groups is 1. The van der Waals surface area contributed by atoms with Crippen molar-refractivity contribution >= 4 is 39.1 Å². The second-order valence-corrected chi connectivity index (χ2v) is 9.23. The normalized spacial score (nSPS) is 17.2. The molecule has 1 N–H and O–H groups in total. The first-order valence-corrected chi connectivity index (χ1v) is 10.6. The third-order valence-electron chi connectivity index (χ3n) is 3.84. The molecule has 2 aromatic carbocycles. The lowest BCUT2D eigenvalue weighted by atomic mass is 10.0. The van der Waals surface area contributed by atoms with Gasteiger partial charge in [-0.3, -0.25) is 4.79 Å². The van der Waals surface area contributed by atoms with Crippen LogP contribution in [-0.4, -0.2) is 26.3 Å². The Hall–Kier alpha value is -1.50. The highest BCUT2D eigenvalue weighted by molar-refractivity contribution is 7.99. The molecule has 3 rings (SSSR count). The summed E-state index contributed by atoms with van der Waals surface area (Å²) in [6, 6.07) is 11.6. The number of carbonyl (C=O) groups excluding carboxylic acids is 1. The zero-order valence-corrected chi connectivity index (χ0v) is 15.3. The van der Waals surface area contributed by atoms with Crippen molar-refractivity contribution in [2.24, 2.45) is 0 Å². The summed E-state index contributed by atoms with van der Waals surface area (Å²) in [5.74, 6) is 0.617. The Morgan fingerprint density at radius 1 is 1.25 bits per heavy atom. The van der Waals surface area contributed by atoms with Crippen LogP contribution in [0.3, 0.4) is 0 Å². The molecule has 24 heavy (non-hydrogen) atoms. The number of benzene rings is 2. The first-order chi connectivity index (χ1) is 11.3. The van der Waals surface area contributed by atoms with Gasteiger partial charge in [0.05, 0.1) is 10.9 Å². The molecule has 7 heteroatoms.